The van der Waals surface area contributed by atoms with Crippen LogP contribution in [-0.4, -0.2) is 4.40 Å². The van der Waals surface area contributed by atoms with Crippen LogP contribution in [0.1, 0.15) is 11.3 Å². The van der Waals surface area contributed by atoms with E-state index in [4.69, 9.17) is 0 Å². The Labute approximate surface area is 133 Å². The molecule has 2 aromatic heterocycles. The first-order valence-corrected chi connectivity index (χ1v) is 7.63. The Kier molecular flexibility index (Phi) is 3.70. The van der Waals surface area contributed by atoms with Crippen LogP contribution < -0.4 is 17.0 Å². The quantitative estimate of drug-likeness (QED) is 0.484. The molecule has 0 N–H and O–H groups in total. The Morgan fingerprint density at radius 3 is 2.52 bits per heavy atom. The molecule has 4 rings (SSSR count). The molecular weight excluding hydrogens is 300 g/mol. The number of hydrogen-bond acceptors (Lipinski definition) is 1. The average Bonchev–Trinajstić information content (AvgIpc) is 3.01. The van der Waals surface area contributed by atoms with Crippen molar-refractivity contribution >= 4 is 27.3 Å². The molecule has 0 unspecified atom stereocenters. The predicted octanol–water partition coefficient (Wildman–Crippen LogP) is 0.802. The van der Waals surface area contributed by atoms with Crippen molar-refractivity contribution in [3.8, 4) is 0 Å². The Hall–Kier alpha value is -1.84. The fraction of sp³-hybridized carbons (Fsp3) is 0.118. The summed E-state index contributed by atoms with van der Waals surface area (Å²) < 4.78 is 4.76. The van der Waals surface area contributed by atoms with Gasteiger partial charge in [0.25, 0.3) is 0 Å². The number of thiazole rings is 1. The minimum absolute atomic E-state index is 0. The number of halogens is 1. The van der Waals surface area contributed by atoms with Gasteiger partial charge in [0, 0.05) is 5.38 Å². The normalized spacial score (nSPS) is 10.9. The molecule has 2 aromatic carbocycles. The van der Waals surface area contributed by atoms with Gasteiger partial charge < -0.3 is 12.4 Å². The van der Waals surface area contributed by atoms with Crippen LogP contribution in [0.5, 0.6) is 0 Å². The third-order valence-corrected chi connectivity index (χ3v) is 4.78. The second-order valence-corrected chi connectivity index (χ2v) is 5.89. The van der Waals surface area contributed by atoms with E-state index in [0.717, 1.165) is 6.54 Å². The number of aryl methyl sites for hydroxylation is 1. The van der Waals surface area contributed by atoms with Crippen molar-refractivity contribution < 1.29 is 17.0 Å². The Bertz CT molecular complexity index is 893. The summed E-state index contributed by atoms with van der Waals surface area (Å²) in [4.78, 5) is 1.30. The van der Waals surface area contributed by atoms with Crippen molar-refractivity contribution in [2.45, 2.75) is 13.5 Å². The van der Waals surface area contributed by atoms with Crippen LogP contribution >= 0.6 is 11.3 Å². The largest absolute Gasteiger partial charge is 1.00 e. The number of para-hydroxylation sites is 2. The van der Waals surface area contributed by atoms with E-state index in [1.807, 2.05) is 11.3 Å². The number of rotatable bonds is 2. The molecular formula is C17H15ClN2S. The third-order valence-electron chi connectivity index (χ3n) is 3.71. The maximum atomic E-state index is 2.41. The van der Waals surface area contributed by atoms with E-state index >= 15 is 0 Å². The zero-order valence-electron chi connectivity index (χ0n) is 11.7. The molecule has 106 valence electrons. The highest BCUT2D eigenvalue weighted by Gasteiger charge is 2.21. The lowest BCUT2D eigenvalue weighted by Crippen LogP contribution is -3.00. The van der Waals surface area contributed by atoms with Gasteiger partial charge in [-0.3, -0.25) is 0 Å². The van der Waals surface area contributed by atoms with Gasteiger partial charge in [0.1, 0.15) is 12.2 Å². The third kappa shape index (κ3) is 2.23. The SMILES string of the molecule is Cc1csc2n1c1ccccc1[n+]2Cc1ccccc1.[Cl-]. The molecule has 0 aliphatic rings. The molecule has 0 spiro atoms. The Balaban J connectivity index is 0.00000132. The fourth-order valence-electron chi connectivity index (χ4n) is 2.77. The van der Waals surface area contributed by atoms with Gasteiger partial charge in [-0.1, -0.05) is 53.8 Å². The summed E-state index contributed by atoms with van der Waals surface area (Å²) >= 11 is 1.81. The van der Waals surface area contributed by atoms with Crippen LogP contribution in [0.15, 0.2) is 60.0 Å². The number of fused-ring (bicyclic) bond motifs is 3. The van der Waals surface area contributed by atoms with Crippen molar-refractivity contribution in [2.75, 3.05) is 0 Å². The van der Waals surface area contributed by atoms with Crippen LogP contribution in [0, 0.1) is 6.92 Å². The number of hydrogen-bond donors (Lipinski definition) is 0. The van der Waals surface area contributed by atoms with Gasteiger partial charge in [0.05, 0.1) is 0 Å². The van der Waals surface area contributed by atoms with E-state index in [1.165, 1.54) is 27.3 Å². The van der Waals surface area contributed by atoms with Crippen LogP contribution in [0.4, 0.5) is 0 Å². The van der Waals surface area contributed by atoms with Crippen LogP contribution in [0.25, 0.3) is 16.0 Å². The smallest absolute Gasteiger partial charge is 0.347 e. The Morgan fingerprint density at radius 2 is 1.71 bits per heavy atom. The summed E-state index contributed by atoms with van der Waals surface area (Å²) in [7, 11) is 0. The molecule has 0 atom stereocenters. The first-order chi connectivity index (χ1) is 9.84. The van der Waals surface area contributed by atoms with E-state index in [2.05, 4.69) is 75.9 Å². The van der Waals surface area contributed by atoms with Crippen LogP contribution in [0.3, 0.4) is 0 Å². The minimum atomic E-state index is 0. The number of imidazole rings is 1. The Morgan fingerprint density at radius 1 is 1.00 bits per heavy atom. The van der Waals surface area contributed by atoms with Crippen molar-refractivity contribution in [1.82, 2.24) is 4.40 Å². The summed E-state index contributed by atoms with van der Waals surface area (Å²) in [6.07, 6.45) is 0. The molecule has 4 heteroatoms. The van der Waals surface area contributed by atoms with Gasteiger partial charge in [-0.25, -0.2) is 4.57 Å². The first-order valence-electron chi connectivity index (χ1n) is 6.75. The van der Waals surface area contributed by atoms with E-state index in [-0.39, 0.29) is 12.4 Å². The van der Waals surface area contributed by atoms with Crippen molar-refractivity contribution in [2.24, 2.45) is 0 Å². The maximum Gasteiger partial charge on any atom is 0.347 e. The van der Waals surface area contributed by atoms with Gasteiger partial charge in [-0.05, 0) is 24.6 Å². The highest BCUT2D eigenvalue weighted by atomic mass is 35.5. The maximum absolute atomic E-state index is 2.41. The molecule has 2 heterocycles. The van der Waals surface area contributed by atoms with Gasteiger partial charge in [0.15, 0.2) is 11.0 Å². The van der Waals surface area contributed by atoms with Crippen molar-refractivity contribution in [3.63, 3.8) is 0 Å². The van der Waals surface area contributed by atoms with Gasteiger partial charge >= 0.3 is 4.96 Å². The topological polar surface area (TPSA) is 8.29 Å². The molecule has 0 saturated carbocycles. The monoisotopic (exact) mass is 314 g/mol. The first kappa shape index (κ1) is 14.1. The zero-order valence-corrected chi connectivity index (χ0v) is 13.2. The van der Waals surface area contributed by atoms with Gasteiger partial charge in [-0.15, -0.1) is 0 Å². The van der Waals surface area contributed by atoms with E-state index in [1.54, 1.807) is 0 Å². The molecule has 0 amide bonds. The summed E-state index contributed by atoms with van der Waals surface area (Å²) in [6, 6.07) is 19.3. The lowest BCUT2D eigenvalue weighted by molar-refractivity contribution is -0.634. The number of nitrogens with zero attached hydrogens (tertiary/aromatic N) is 2. The average molecular weight is 315 g/mol. The summed E-state index contributed by atoms with van der Waals surface area (Å²) in [5, 5.41) is 2.23. The molecule has 0 aliphatic carbocycles. The standard InChI is InChI=1S/C17H15N2S.ClH/c1-13-12-20-17-18(11-14-7-3-2-4-8-14)15-9-5-6-10-16(15)19(13)17;/h2-10,12H,11H2,1H3;1H/q+1;/p-1. The molecule has 21 heavy (non-hydrogen) atoms. The molecule has 0 aliphatic heterocycles. The highest BCUT2D eigenvalue weighted by molar-refractivity contribution is 7.14. The van der Waals surface area contributed by atoms with Gasteiger partial charge in [0.2, 0.25) is 0 Å². The highest BCUT2D eigenvalue weighted by Crippen LogP contribution is 2.22. The lowest BCUT2D eigenvalue weighted by atomic mass is 10.2. The van der Waals surface area contributed by atoms with Crippen molar-refractivity contribution in [3.05, 3.63) is 71.2 Å². The van der Waals surface area contributed by atoms with E-state index < -0.39 is 0 Å². The second-order valence-electron chi connectivity index (χ2n) is 5.06. The zero-order chi connectivity index (χ0) is 13.5. The summed E-state index contributed by atoms with van der Waals surface area (Å²) in [6.45, 7) is 3.08. The van der Waals surface area contributed by atoms with Crippen molar-refractivity contribution in [1.29, 1.82) is 0 Å². The second kappa shape index (κ2) is 5.51. The minimum Gasteiger partial charge on any atom is -1.00 e. The molecule has 0 bridgehead atoms. The van der Waals surface area contributed by atoms with Crippen LogP contribution in [-0.2, 0) is 6.54 Å². The molecule has 4 aromatic rings. The molecule has 2 nitrogen and oxygen atoms in total. The molecule has 0 fully saturated rings. The predicted molar refractivity (Wildman–Crippen MR) is 83.3 cm³/mol. The number of aromatic nitrogens is 2. The summed E-state index contributed by atoms with van der Waals surface area (Å²) in [5.74, 6) is 0. The van der Waals surface area contributed by atoms with Gasteiger partial charge in [-0.2, -0.15) is 4.40 Å². The lowest BCUT2D eigenvalue weighted by Gasteiger charge is -1.98. The van der Waals surface area contributed by atoms with E-state index in [9.17, 15) is 0 Å². The van der Waals surface area contributed by atoms with Crippen LogP contribution in [0.2, 0.25) is 0 Å². The fourth-order valence-corrected chi connectivity index (χ4v) is 3.79. The van der Waals surface area contributed by atoms with E-state index in [0.29, 0.717) is 0 Å². The number of benzene rings is 2. The molecule has 0 radical (unpaired) electrons. The molecule has 0 saturated heterocycles. The summed E-state index contributed by atoms with van der Waals surface area (Å²) in [5.41, 5.74) is 5.22.